The topological polar surface area (TPSA) is 52.1 Å². The van der Waals surface area contributed by atoms with Crippen LogP contribution in [0.1, 0.15) is 10.5 Å². The number of pyridine rings is 2. The van der Waals surface area contributed by atoms with Gasteiger partial charge in [-0.25, -0.2) is 9.78 Å². The number of carbonyl (C=O) groups is 1. The van der Waals surface area contributed by atoms with Crippen molar-refractivity contribution in [1.82, 2.24) is 9.97 Å². The van der Waals surface area contributed by atoms with Gasteiger partial charge in [-0.05, 0) is 29.8 Å². The molecule has 0 fully saturated rings. The number of hydrogen-bond donors (Lipinski definition) is 0. The third kappa shape index (κ3) is 2.28. The standard InChI is InChI=1S/C12H9FN2O2/c1-17-12(16)10-3-2-9(11(13)15-10)8-4-6-14-7-5-8/h2-7H,1H3. The fourth-order valence-electron chi connectivity index (χ4n) is 1.40. The van der Waals surface area contributed by atoms with Crippen LogP contribution in [0.5, 0.6) is 0 Å². The van der Waals surface area contributed by atoms with Crippen LogP contribution in [-0.4, -0.2) is 23.0 Å². The zero-order valence-corrected chi connectivity index (χ0v) is 9.05. The molecule has 0 N–H and O–H groups in total. The second kappa shape index (κ2) is 4.69. The largest absolute Gasteiger partial charge is 0.464 e. The summed E-state index contributed by atoms with van der Waals surface area (Å²) in [5, 5.41) is 0. The second-order valence-corrected chi connectivity index (χ2v) is 3.26. The van der Waals surface area contributed by atoms with Crippen LogP contribution < -0.4 is 0 Å². The Morgan fingerprint density at radius 3 is 2.53 bits per heavy atom. The summed E-state index contributed by atoms with van der Waals surface area (Å²) in [6, 6.07) is 6.24. The average molecular weight is 232 g/mol. The van der Waals surface area contributed by atoms with Gasteiger partial charge in [-0.3, -0.25) is 4.98 Å². The summed E-state index contributed by atoms with van der Waals surface area (Å²) < 4.78 is 18.2. The van der Waals surface area contributed by atoms with Gasteiger partial charge in [0.05, 0.1) is 7.11 Å². The van der Waals surface area contributed by atoms with E-state index in [0.29, 0.717) is 11.1 Å². The maximum absolute atomic E-state index is 13.7. The fraction of sp³-hybridized carbons (Fsp3) is 0.0833. The minimum Gasteiger partial charge on any atom is -0.464 e. The summed E-state index contributed by atoms with van der Waals surface area (Å²) in [6.07, 6.45) is 3.12. The molecular formula is C12H9FN2O2. The lowest BCUT2D eigenvalue weighted by Gasteiger charge is -2.04. The van der Waals surface area contributed by atoms with E-state index >= 15 is 0 Å². The second-order valence-electron chi connectivity index (χ2n) is 3.26. The lowest BCUT2D eigenvalue weighted by molar-refractivity contribution is 0.0592. The lowest BCUT2D eigenvalue weighted by atomic mass is 10.1. The van der Waals surface area contributed by atoms with E-state index in [1.54, 1.807) is 24.5 Å². The van der Waals surface area contributed by atoms with E-state index in [1.165, 1.54) is 19.2 Å². The summed E-state index contributed by atoms with van der Waals surface area (Å²) in [7, 11) is 1.22. The Bertz CT molecular complexity index is 543. The third-order valence-corrected chi connectivity index (χ3v) is 2.23. The number of nitrogens with zero attached hydrogens (tertiary/aromatic N) is 2. The van der Waals surface area contributed by atoms with Crippen LogP contribution in [0.15, 0.2) is 36.7 Å². The van der Waals surface area contributed by atoms with E-state index < -0.39 is 11.9 Å². The Labute approximate surface area is 97.1 Å². The van der Waals surface area contributed by atoms with Crippen molar-refractivity contribution in [2.45, 2.75) is 0 Å². The number of methoxy groups -OCH3 is 1. The molecule has 0 atom stereocenters. The van der Waals surface area contributed by atoms with Gasteiger partial charge in [-0.15, -0.1) is 0 Å². The van der Waals surface area contributed by atoms with Crippen LogP contribution in [0.3, 0.4) is 0 Å². The first-order valence-electron chi connectivity index (χ1n) is 4.87. The molecule has 5 heteroatoms. The first kappa shape index (κ1) is 11.2. The minimum atomic E-state index is -0.709. The average Bonchev–Trinajstić information content (AvgIpc) is 2.38. The number of halogens is 1. The summed E-state index contributed by atoms with van der Waals surface area (Å²) in [5.41, 5.74) is 0.921. The molecule has 0 aliphatic rings. The van der Waals surface area contributed by atoms with Gasteiger partial charge >= 0.3 is 5.97 Å². The van der Waals surface area contributed by atoms with Crippen LogP contribution >= 0.6 is 0 Å². The third-order valence-electron chi connectivity index (χ3n) is 2.23. The monoisotopic (exact) mass is 232 g/mol. The van der Waals surface area contributed by atoms with Gasteiger partial charge < -0.3 is 4.74 Å². The van der Waals surface area contributed by atoms with Crippen molar-refractivity contribution in [3.63, 3.8) is 0 Å². The van der Waals surface area contributed by atoms with E-state index in [4.69, 9.17) is 0 Å². The first-order chi connectivity index (χ1) is 8.22. The van der Waals surface area contributed by atoms with E-state index in [9.17, 15) is 9.18 Å². The number of aromatic nitrogens is 2. The van der Waals surface area contributed by atoms with Crippen molar-refractivity contribution in [2.75, 3.05) is 7.11 Å². The molecule has 0 aromatic carbocycles. The van der Waals surface area contributed by atoms with E-state index in [0.717, 1.165) is 0 Å². The lowest BCUT2D eigenvalue weighted by Crippen LogP contribution is -2.05. The van der Waals surface area contributed by atoms with Crippen LogP contribution in [0.2, 0.25) is 0 Å². The SMILES string of the molecule is COC(=O)c1ccc(-c2ccncc2)c(F)n1. The maximum atomic E-state index is 13.7. The minimum absolute atomic E-state index is 0.0530. The van der Waals surface area contributed by atoms with E-state index in [2.05, 4.69) is 14.7 Å². The summed E-state index contributed by atoms with van der Waals surface area (Å²) in [6.45, 7) is 0. The normalized spacial score (nSPS) is 10.0. The van der Waals surface area contributed by atoms with Gasteiger partial charge in [-0.2, -0.15) is 4.39 Å². The molecule has 0 aliphatic carbocycles. The molecule has 0 unspecified atom stereocenters. The molecule has 0 saturated carbocycles. The summed E-state index contributed by atoms with van der Waals surface area (Å²) in [5.74, 6) is -1.37. The molecule has 0 aliphatic heterocycles. The zero-order chi connectivity index (χ0) is 12.3. The van der Waals surface area contributed by atoms with E-state index in [1.807, 2.05) is 0 Å². The first-order valence-corrected chi connectivity index (χ1v) is 4.87. The number of ether oxygens (including phenoxy) is 1. The Morgan fingerprint density at radius 2 is 1.94 bits per heavy atom. The highest BCUT2D eigenvalue weighted by molar-refractivity contribution is 5.87. The van der Waals surface area contributed by atoms with Gasteiger partial charge in [0.25, 0.3) is 0 Å². The predicted octanol–water partition coefficient (Wildman–Crippen LogP) is 2.07. The van der Waals surface area contributed by atoms with Gasteiger partial charge in [0, 0.05) is 18.0 Å². The molecular weight excluding hydrogens is 223 g/mol. The molecule has 0 bridgehead atoms. The van der Waals surface area contributed by atoms with Gasteiger partial charge in [0.15, 0.2) is 5.69 Å². The highest BCUT2D eigenvalue weighted by Crippen LogP contribution is 2.20. The molecule has 0 radical (unpaired) electrons. The zero-order valence-electron chi connectivity index (χ0n) is 9.05. The quantitative estimate of drug-likeness (QED) is 0.587. The van der Waals surface area contributed by atoms with Gasteiger partial charge in [-0.1, -0.05) is 0 Å². The summed E-state index contributed by atoms with van der Waals surface area (Å²) >= 11 is 0. The maximum Gasteiger partial charge on any atom is 0.356 e. The van der Waals surface area contributed by atoms with Crippen LogP contribution in [0.25, 0.3) is 11.1 Å². The molecule has 2 aromatic rings. The molecule has 2 aromatic heterocycles. The number of rotatable bonds is 2. The Balaban J connectivity index is 2.42. The molecule has 17 heavy (non-hydrogen) atoms. The van der Waals surface area contributed by atoms with Crippen molar-refractivity contribution in [3.8, 4) is 11.1 Å². The molecule has 0 spiro atoms. The van der Waals surface area contributed by atoms with Crippen molar-refractivity contribution in [3.05, 3.63) is 48.3 Å². The number of hydrogen-bond acceptors (Lipinski definition) is 4. The Morgan fingerprint density at radius 1 is 1.24 bits per heavy atom. The summed E-state index contributed by atoms with van der Waals surface area (Å²) in [4.78, 5) is 18.6. The highest BCUT2D eigenvalue weighted by atomic mass is 19.1. The van der Waals surface area contributed by atoms with Crippen LogP contribution in [0.4, 0.5) is 4.39 Å². The van der Waals surface area contributed by atoms with Crippen molar-refractivity contribution >= 4 is 5.97 Å². The smallest absolute Gasteiger partial charge is 0.356 e. The molecule has 0 saturated heterocycles. The van der Waals surface area contributed by atoms with E-state index in [-0.39, 0.29) is 5.69 Å². The molecule has 86 valence electrons. The predicted molar refractivity (Wildman–Crippen MR) is 58.8 cm³/mol. The van der Waals surface area contributed by atoms with Crippen LogP contribution in [0, 0.1) is 5.95 Å². The van der Waals surface area contributed by atoms with Gasteiger partial charge in [0.2, 0.25) is 5.95 Å². The van der Waals surface area contributed by atoms with Gasteiger partial charge in [0.1, 0.15) is 0 Å². The highest BCUT2D eigenvalue weighted by Gasteiger charge is 2.12. The Hall–Kier alpha value is -2.30. The number of carbonyl (C=O) groups excluding carboxylic acids is 1. The molecule has 4 nitrogen and oxygen atoms in total. The Kier molecular flexibility index (Phi) is 3.09. The molecule has 2 heterocycles. The van der Waals surface area contributed by atoms with Crippen molar-refractivity contribution in [2.24, 2.45) is 0 Å². The number of esters is 1. The molecule has 2 rings (SSSR count). The molecule has 0 amide bonds. The van der Waals surface area contributed by atoms with Crippen molar-refractivity contribution in [1.29, 1.82) is 0 Å². The fourth-order valence-corrected chi connectivity index (χ4v) is 1.40. The van der Waals surface area contributed by atoms with Crippen molar-refractivity contribution < 1.29 is 13.9 Å². The van der Waals surface area contributed by atoms with Crippen LogP contribution in [-0.2, 0) is 4.74 Å².